The van der Waals surface area contributed by atoms with Crippen LogP contribution in [0, 0.1) is 11.8 Å². The number of methoxy groups -OCH3 is 1. The van der Waals surface area contributed by atoms with E-state index < -0.39 is 30.5 Å². The number of piperazine rings is 1. The first kappa shape index (κ1) is 31.0. The van der Waals surface area contributed by atoms with Gasteiger partial charge in [-0.15, -0.1) is 0 Å². The minimum Gasteiger partial charge on any atom is -0.384 e. The van der Waals surface area contributed by atoms with Gasteiger partial charge in [0.25, 0.3) is 0 Å². The lowest BCUT2D eigenvalue weighted by atomic mass is 9.69. The Morgan fingerprint density at radius 3 is 2.33 bits per heavy atom. The highest BCUT2D eigenvalue weighted by atomic mass is 19.4. The van der Waals surface area contributed by atoms with Crippen molar-refractivity contribution >= 4 is 11.7 Å². The number of hydrogen-bond acceptors (Lipinski definition) is 7. The quantitative estimate of drug-likeness (QED) is 0.467. The molecule has 1 aromatic heterocycles. The average Bonchev–Trinajstić information content (AvgIpc) is 2.88. The minimum absolute atomic E-state index is 0.0199. The van der Waals surface area contributed by atoms with Crippen molar-refractivity contribution in [1.29, 1.82) is 0 Å². The number of hydrogen-bond donors (Lipinski definition) is 2. The molecule has 2 heterocycles. The SMILES string of the molecule is COCCc1cc(N2CCN(CCC3CCC(NC(=O)C4CC(O)(C(F)(F)F)C4)CC3)CC2)nc(C(C)(C)C)n1. The molecule has 8 nitrogen and oxygen atoms in total. The minimum atomic E-state index is -4.67. The summed E-state index contributed by atoms with van der Waals surface area (Å²) in [6.07, 6.45) is -0.109. The molecule has 0 spiro atoms. The number of carbonyl (C=O) groups is 1. The lowest BCUT2D eigenvalue weighted by Gasteiger charge is -2.44. The highest BCUT2D eigenvalue weighted by Crippen LogP contribution is 2.48. The second kappa shape index (κ2) is 12.5. The van der Waals surface area contributed by atoms with Gasteiger partial charge >= 0.3 is 6.18 Å². The standard InChI is InChI=1S/C29H46F3N5O3/c1-27(2,3)26-34-23(10-16-40-4)17-24(35-26)37-14-12-36(13-15-37)11-9-20-5-7-22(8-6-20)33-25(38)21-18-28(39,19-21)29(30,31)32/h17,20-22,39H,5-16,18-19H2,1-4H3,(H,33,38). The van der Waals surface area contributed by atoms with Crippen LogP contribution < -0.4 is 10.2 Å². The Bertz CT molecular complexity index is 994. The smallest absolute Gasteiger partial charge is 0.384 e. The molecule has 2 aliphatic carbocycles. The van der Waals surface area contributed by atoms with Gasteiger partial charge in [-0.25, -0.2) is 9.97 Å². The lowest BCUT2D eigenvalue weighted by molar-refractivity contribution is -0.296. The van der Waals surface area contributed by atoms with Crippen LogP contribution in [0.3, 0.4) is 0 Å². The number of rotatable bonds is 9. The molecule has 2 saturated carbocycles. The Balaban J connectivity index is 1.17. The van der Waals surface area contributed by atoms with E-state index in [4.69, 9.17) is 14.7 Å². The number of alkyl halides is 3. The molecular weight excluding hydrogens is 523 g/mol. The number of halogens is 3. The van der Waals surface area contributed by atoms with Gasteiger partial charge < -0.3 is 20.1 Å². The van der Waals surface area contributed by atoms with E-state index in [1.807, 2.05) is 0 Å². The zero-order valence-corrected chi connectivity index (χ0v) is 24.4. The summed E-state index contributed by atoms with van der Waals surface area (Å²) in [6.45, 7) is 11.9. The van der Waals surface area contributed by atoms with E-state index in [9.17, 15) is 23.1 Å². The van der Waals surface area contributed by atoms with Crippen LogP contribution in [0.2, 0.25) is 0 Å². The molecule has 3 aliphatic rings. The first-order valence-corrected chi connectivity index (χ1v) is 14.7. The maximum absolute atomic E-state index is 12.8. The normalized spacial score (nSPS) is 28.3. The maximum atomic E-state index is 12.8. The Morgan fingerprint density at radius 2 is 1.75 bits per heavy atom. The number of nitrogens with zero attached hydrogens (tertiary/aromatic N) is 4. The molecule has 40 heavy (non-hydrogen) atoms. The van der Waals surface area contributed by atoms with E-state index >= 15 is 0 Å². The monoisotopic (exact) mass is 569 g/mol. The summed E-state index contributed by atoms with van der Waals surface area (Å²) in [5, 5.41) is 12.5. The van der Waals surface area contributed by atoms with Gasteiger partial charge in [-0.05, 0) is 57.4 Å². The molecule has 0 aromatic carbocycles. The molecular formula is C29H46F3N5O3. The average molecular weight is 570 g/mol. The van der Waals surface area contributed by atoms with Crippen LogP contribution in [-0.2, 0) is 21.4 Å². The third-order valence-electron chi connectivity index (χ3n) is 8.81. The van der Waals surface area contributed by atoms with Crippen LogP contribution in [0.25, 0.3) is 0 Å². The Hall–Kier alpha value is -1.98. The number of amides is 1. The number of nitrogens with one attached hydrogen (secondary N) is 1. The van der Waals surface area contributed by atoms with E-state index in [1.165, 1.54) is 0 Å². The van der Waals surface area contributed by atoms with Crippen molar-refractivity contribution in [3.63, 3.8) is 0 Å². The zero-order chi connectivity index (χ0) is 29.1. The van der Waals surface area contributed by atoms with E-state index in [-0.39, 0.29) is 17.4 Å². The number of aliphatic hydroxyl groups is 1. The number of carbonyl (C=O) groups excluding carboxylic acids is 1. The second-order valence-corrected chi connectivity index (χ2v) is 13.0. The summed E-state index contributed by atoms with van der Waals surface area (Å²) in [7, 11) is 1.70. The lowest BCUT2D eigenvalue weighted by Crippen LogP contribution is -2.59. The van der Waals surface area contributed by atoms with Crippen LogP contribution >= 0.6 is 0 Å². The van der Waals surface area contributed by atoms with Gasteiger partial charge in [-0.2, -0.15) is 13.2 Å². The summed E-state index contributed by atoms with van der Waals surface area (Å²) in [4.78, 5) is 26.9. The molecule has 1 amide bonds. The van der Waals surface area contributed by atoms with Crippen molar-refractivity contribution in [3.05, 3.63) is 17.6 Å². The number of ether oxygens (including phenoxy) is 1. The molecule has 0 unspecified atom stereocenters. The van der Waals surface area contributed by atoms with Crippen LogP contribution in [0.5, 0.6) is 0 Å². The molecule has 0 radical (unpaired) electrons. The molecule has 1 aliphatic heterocycles. The fourth-order valence-corrected chi connectivity index (χ4v) is 5.97. The van der Waals surface area contributed by atoms with Crippen LogP contribution in [0.4, 0.5) is 19.0 Å². The van der Waals surface area contributed by atoms with Gasteiger partial charge in [0.15, 0.2) is 5.60 Å². The molecule has 4 rings (SSSR count). The third kappa shape index (κ3) is 7.64. The van der Waals surface area contributed by atoms with Crippen molar-refractivity contribution in [3.8, 4) is 0 Å². The van der Waals surface area contributed by atoms with Gasteiger partial charge in [-0.3, -0.25) is 9.69 Å². The van der Waals surface area contributed by atoms with Crippen molar-refractivity contribution in [2.45, 2.75) is 95.4 Å². The molecule has 1 saturated heterocycles. The first-order valence-electron chi connectivity index (χ1n) is 14.7. The Kier molecular flexibility index (Phi) is 9.67. The van der Waals surface area contributed by atoms with Gasteiger partial charge in [0.1, 0.15) is 11.6 Å². The van der Waals surface area contributed by atoms with Gasteiger partial charge in [-0.1, -0.05) is 20.8 Å². The molecule has 11 heteroatoms. The largest absolute Gasteiger partial charge is 0.417 e. The molecule has 0 bridgehead atoms. The Morgan fingerprint density at radius 1 is 1.10 bits per heavy atom. The summed E-state index contributed by atoms with van der Waals surface area (Å²) < 4.78 is 43.8. The highest BCUT2D eigenvalue weighted by molar-refractivity contribution is 5.80. The van der Waals surface area contributed by atoms with Crippen LogP contribution in [0.1, 0.15) is 77.2 Å². The van der Waals surface area contributed by atoms with E-state index in [0.29, 0.717) is 12.5 Å². The highest BCUT2D eigenvalue weighted by Gasteiger charge is 2.62. The van der Waals surface area contributed by atoms with E-state index in [1.54, 1.807) is 7.11 Å². The van der Waals surface area contributed by atoms with Gasteiger partial charge in [0.2, 0.25) is 5.91 Å². The maximum Gasteiger partial charge on any atom is 0.417 e. The van der Waals surface area contributed by atoms with Crippen molar-refractivity contribution in [2.24, 2.45) is 11.8 Å². The summed E-state index contributed by atoms with van der Waals surface area (Å²) in [5.41, 5.74) is -1.81. The summed E-state index contributed by atoms with van der Waals surface area (Å²) in [6, 6.07) is 2.12. The Labute approximate surface area is 236 Å². The number of aromatic nitrogens is 2. The molecule has 226 valence electrons. The summed E-state index contributed by atoms with van der Waals surface area (Å²) in [5.74, 6) is 1.36. The second-order valence-electron chi connectivity index (χ2n) is 13.0. The third-order valence-corrected chi connectivity index (χ3v) is 8.81. The van der Waals surface area contributed by atoms with E-state index in [2.05, 4.69) is 42.0 Å². The zero-order valence-electron chi connectivity index (χ0n) is 24.4. The molecule has 2 N–H and O–H groups in total. The van der Waals surface area contributed by atoms with E-state index in [0.717, 1.165) is 88.6 Å². The van der Waals surface area contributed by atoms with Crippen LogP contribution in [0.15, 0.2) is 6.07 Å². The molecule has 1 aromatic rings. The first-order chi connectivity index (χ1) is 18.8. The number of anilines is 1. The predicted octanol–water partition coefficient (Wildman–Crippen LogP) is 3.85. The molecule has 3 fully saturated rings. The van der Waals surface area contributed by atoms with Gasteiger partial charge in [0, 0.05) is 68.8 Å². The predicted molar refractivity (Wildman–Crippen MR) is 147 cm³/mol. The topological polar surface area (TPSA) is 90.8 Å². The summed E-state index contributed by atoms with van der Waals surface area (Å²) >= 11 is 0. The van der Waals surface area contributed by atoms with Crippen LogP contribution in [-0.4, -0.2) is 90.1 Å². The fourth-order valence-electron chi connectivity index (χ4n) is 5.97. The van der Waals surface area contributed by atoms with Gasteiger partial charge in [0.05, 0.1) is 6.61 Å². The van der Waals surface area contributed by atoms with Crippen molar-refractivity contribution < 1.29 is 27.8 Å². The van der Waals surface area contributed by atoms with Crippen molar-refractivity contribution in [1.82, 2.24) is 20.2 Å². The molecule has 0 atom stereocenters. The fraction of sp³-hybridized carbons (Fsp3) is 0.828. The van der Waals surface area contributed by atoms with Crippen molar-refractivity contribution in [2.75, 3.05) is 51.3 Å².